The van der Waals surface area contributed by atoms with Gasteiger partial charge >= 0.3 is 0 Å². The lowest BCUT2D eigenvalue weighted by atomic mass is 9.91. The summed E-state index contributed by atoms with van der Waals surface area (Å²) in [5, 5.41) is 4.44. The Kier molecular flexibility index (Phi) is 4.49. The maximum absolute atomic E-state index is 3.60. The predicted octanol–water partition coefficient (Wildman–Crippen LogP) is 4.61. The zero-order valence-electron chi connectivity index (χ0n) is 11.9. The van der Waals surface area contributed by atoms with E-state index in [4.69, 9.17) is 0 Å². The number of thioether (sulfide) groups is 1. The van der Waals surface area contributed by atoms with Crippen molar-refractivity contribution in [1.82, 2.24) is 5.32 Å². The molecule has 0 aromatic heterocycles. The van der Waals surface area contributed by atoms with Crippen molar-refractivity contribution in [3.8, 4) is 0 Å². The summed E-state index contributed by atoms with van der Waals surface area (Å²) in [6, 6.07) is 9.95. The highest BCUT2D eigenvalue weighted by Crippen LogP contribution is 2.36. The summed E-state index contributed by atoms with van der Waals surface area (Å²) in [7, 11) is 0. The van der Waals surface area contributed by atoms with Crippen LogP contribution in [0.3, 0.4) is 0 Å². The molecule has 0 aliphatic heterocycles. The van der Waals surface area contributed by atoms with Crippen LogP contribution in [-0.4, -0.2) is 11.3 Å². The van der Waals surface area contributed by atoms with E-state index in [1.165, 1.54) is 49.0 Å². The van der Waals surface area contributed by atoms with E-state index in [0.29, 0.717) is 0 Å². The molecule has 0 radical (unpaired) electrons. The van der Waals surface area contributed by atoms with Gasteiger partial charge in [-0.05, 0) is 49.3 Å². The fourth-order valence-electron chi connectivity index (χ4n) is 2.96. The normalized spacial score (nSPS) is 27.4. The van der Waals surface area contributed by atoms with Crippen molar-refractivity contribution >= 4 is 11.8 Å². The first kappa shape index (κ1) is 13.5. The number of rotatable bonds is 5. The molecule has 1 aromatic rings. The third-order valence-corrected chi connectivity index (χ3v) is 5.55. The van der Waals surface area contributed by atoms with E-state index in [1.54, 1.807) is 0 Å². The molecule has 0 saturated heterocycles. The topological polar surface area (TPSA) is 12.0 Å². The second kappa shape index (κ2) is 6.32. The number of nitrogens with one attached hydrogen (secondary N) is 1. The highest BCUT2D eigenvalue weighted by molar-refractivity contribution is 8.00. The molecule has 2 heteroatoms. The molecule has 0 amide bonds. The van der Waals surface area contributed by atoms with Crippen molar-refractivity contribution in [2.75, 3.05) is 0 Å². The Morgan fingerprint density at radius 1 is 1.21 bits per heavy atom. The first-order valence-corrected chi connectivity index (χ1v) is 8.66. The standard InChI is InChI=1S/C17H25NS/c1-13-4-2-6-16(10-13)19-17-7-3-5-14(11-17)12-18-15-8-9-15/h3,5,7,11,13,15-16,18H,2,4,6,8-10,12H2,1H3. The zero-order valence-corrected chi connectivity index (χ0v) is 12.7. The summed E-state index contributed by atoms with van der Waals surface area (Å²) in [4.78, 5) is 1.47. The van der Waals surface area contributed by atoms with Gasteiger partial charge in [-0.25, -0.2) is 0 Å². The Bertz CT molecular complexity index is 413. The first-order chi connectivity index (χ1) is 9.29. The fourth-order valence-corrected chi connectivity index (χ4v) is 4.43. The highest BCUT2D eigenvalue weighted by atomic mass is 32.2. The SMILES string of the molecule is CC1CCCC(Sc2cccc(CNC3CC3)c2)C1. The molecule has 2 fully saturated rings. The molecule has 0 spiro atoms. The maximum atomic E-state index is 3.60. The van der Waals surface area contributed by atoms with Gasteiger partial charge in [-0.3, -0.25) is 0 Å². The van der Waals surface area contributed by atoms with Crippen molar-refractivity contribution in [2.45, 2.75) is 68.2 Å². The van der Waals surface area contributed by atoms with E-state index in [1.807, 2.05) is 0 Å². The maximum Gasteiger partial charge on any atom is 0.0208 e. The van der Waals surface area contributed by atoms with Gasteiger partial charge in [-0.1, -0.05) is 31.9 Å². The third kappa shape index (κ3) is 4.25. The smallest absolute Gasteiger partial charge is 0.0208 e. The number of hydrogen-bond acceptors (Lipinski definition) is 2. The molecule has 2 saturated carbocycles. The molecule has 2 aliphatic rings. The van der Waals surface area contributed by atoms with Crippen LogP contribution in [0.15, 0.2) is 29.2 Å². The predicted molar refractivity (Wildman–Crippen MR) is 83.6 cm³/mol. The minimum Gasteiger partial charge on any atom is -0.310 e. The molecule has 0 bridgehead atoms. The molecule has 19 heavy (non-hydrogen) atoms. The van der Waals surface area contributed by atoms with Crippen LogP contribution in [0.4, 0.5) is 0 Å². The van der Waals surface area contributed by atoms with Crippen LogP contribution >= 0.6 is 11.8 Å². The van der Waals surface area contributed by atoms with Gasteiger partial charge in [0, 0.05) is 22.7 Å². The van der Waals surface area contributed by atoms with E-state index in [0.717, 1.165) is 23.8 Å². The van der Waals surface area contributed by atoms with Crippen LogP contribution in [0.25, 0.3) is 0 Å². The second-order valence-corrected chi connectivity index (χ2v) is 7.69. The van der Waals surface area contributed by atoms with E-state index < -0.39 is 0 Å². The summed E-state index contributed by atoms with van der Waals surface area (Å²) in [6.07, 6.45) is 8.39. The lowest BCUT2D eigenvalue weighted by Gasteiger charge is -2.26. The van der Waals surface area contributed by atoms with E-state index in [9.17, 15) is 0 Å². The Labute approximate surface area is 121 Å². The van der Waals surface area contributed by atoms with Gasteiger partial charge in [0.05, 0.1) is 0 Å². The number of hydrogen-bond donors (Lipinski definition) is 1. The molecule has 2 atom stereocenters. The van der Waals surface area contributed by atoms with Crippen LogP contribution in [-0.2, 0) is 6.54 Å². The zero-order chi connectivity index (χ0) is 13.1. The van der Waals surface area contributed by atoms with E-state index >= 15 is 0 Å². The summed E-state index contributed by atoms with van der Waals surface area (Å²) < 4.78 is 0. The molecule has 104 valence electrons. The summed E-state index contributed by atoms with van der Waals surface area (Å²) in [6.45, 7) is 3.45. The fraction of sp³-hybridized carbons (Fsp3) is 0.647. The van der Waals surface area contributed by atoms with Gasteiger partial charge in [0.15, 0.2) is 0 Å². The summed E-state index contributed by atoms with van der Waals surface area (Å²) in [5.41, 5.74) is 1.45. The Balaban J connectivity index is 1.55. The summed E-state index contributed by atoms with van der Waals surface area (Å²) in [5.74, 6) is 0.922. The van der Waals surface area contributed by atoms with Crippen LogP contribution < -0.4 is 5.32 Å². The van der Waals surface area contributed by atoms with Gasteiger partial charge in [0.25, 0.3) is 0 Å². The number of benzene rings is 1. The van der Waals surface area contributed by atoms with E-state index in [-0.39, 0.29) is 0 Å². The quantitative estimate of drug-likeness (QED) is 0.842. The molecule has 2 unspecified atom stereocenters. The van der Waals surface area contributed by atoms with Gasteiger partial charge in [0.1, 0.15) is 0 Å². The highest BCUT2D eigenvalue weighted by Gasteiger charge is 2.21. The molecular formula is C17H25NS. The molecular weight excluding hydrogens is 250 g/mol. The van der Waals surface area contributed by atoms with E-state index in [2.05, 4.69) is 48.3 Å². The minimum atomic E-state index is 0.801. The molecule has 0 heterocycles. The monoisotopic (exact) mass is 275 g/mol. The largest absolute Gasteiger partial charge is 0.310 e. The van der Waals surface area contributed by atoms with Crippen molar-refractivity contribution in [3.05, 3.63) is 29.8 Å². The van der Waals surface area contributed by atoms with Crippen LogP contribution in [0.2, 0.25) is 0 Å². The van der Waals surface area contributed by atoms with Crippen molar-refractivity contribution in [1.29, 1.82) is 0 Å². The first-order valence-electron chi connectivity index (χ1n) is 7.78. The average Bonchev–Trinajstić information content (AvgIpc) is 3.21. The van der Waals surface area contributed by atoms with Crippen molar-refractivity contribution < 1.29 is 0 Å². The lowest BCUT2D eigenvalue weighted by Crippen LogP contribution is -2.16. The molecule has 1 N–H and O–H groups in total. The van der Waals surface area contributed by atoms with Crippen molar-refractivity contribution in [3.63, 3.8) is 0 Å². The Hall–Kier alpha value is -0.470. The van der Waals surface area contributed by atoms with Gasteiger partial charge < -0.3 is 5.32 Å². The molecule has 1 aromatic carbocycles. The minimum absolute atomic E-state index is 0.801. The second-order valence-electron chi connectivity index (χ2n) is 6.31. The molecule has 2 aliphatic carbocycles. The average molecular weight is 275 g/mol. The van der Waals surface area contributed by atoms with Crippen LogP contribution in [0, 0.1) is 5.92 Å². The third-order valence-electron chi connectivity index (χ3n) is 4.26. The van der Waals surface area contributed by atoms with Crippen LogP contribution in [0.5, 0.6) is 0 Å². The van der Waals surface area contributed by atoms with Crippen LogP contribution in [0.1, 0.15) is 51.0 Å². The van der Waals surface area contributed by atoms with Gasteiger partial charge in [0.2, 0.25) is 0 Å². The van der Waals surface area contributed by atoms with Gasteiger partial charge in [-0.2, -0.15) is 0 Å². The molecule has 3 rings (SSSR count). The van der Waals surface area contributed by atoms with Crippen molar-refractivity contribution in [2.24, 2.45) is 5.92 Å². The van der Waals surface area contributed by atoms with Gasteiger partial charge in [-0.15, -0.1) is 11.8 Å². The molecule has 1 nitrogen and oxygen atoms in total. The Morgan fingerprint density at radius 3 is 2.89 bits per heavy atom. The Morgan fingerprint density at radius 2 is 2.11 bits per heavy atom. The summed E-state index contributed by atoms with van der Waals surface area (Å²) >= 11 is 2.10. The lowest BCUT2D eigenvalue weighted by molar-refractivity contribution is 0.394.